The lowest BCUT2D eigenvalue weighted by Gasteiger charge is -2.13. The van der Waals surface area contributed by atoms with Gasteiger partial charge in [0, 0.05) is 6.92 Å². The lowest BCUT2D eigenvalue weighted by atomic mass is 10.3. The summed E-state index contributed by atoms with van der Waals surface area (Å²) in [6.07, 6.45) is -1.90. The van der Waals surface area contributed by atoms with Gasteiger partial charge < -0.3 is 18.9 Å². The summed E-state index contributed by atoms with van der Waals surface area (Å²) in [5.74, 6) is -0.0842. The van der Waals surface area contributed by atoms with Crippen molar-refractivity contribution in [2.75, 3.05) is 13.2 Å². The second kappa shape index (κ2) is 7.97. The van der Waals surface area contributed by atoms with Crippen molar-refractivity contribution in [1.29, 1.82) is 0 Å². The molecule has 0 aliphatic rings. The molecular weight excluding hydrogens is 252 g/mol. The molecule has 104 valence electrons. The molecule has 0 spiro atoms. The molecule has 6 heteroatoms. The molecule has 1 atom stereocenters. The van der Waals surface area contributed by atoms with Crippen molar-refractivity contribution < 1.29 is 28.5 Å². The first-order valence-corrected chi connectivity index (χ1v) is 5.82. The zero-order valence-electron chi connectivity index (χ0n) is 10.8. The van der Waals surface area contributed by atoms with E-state index in [-0.39, 0.29) is 13.2 Å². The Hall–Kier alpha value is -2.24. The third kappa shape index (κ3) is 6.30. The number of rotatable bonds is 6. The van der Waals surface area contributed by atoms with Crippen LogP contribution in [0.15, 0.2) is 30.3 Å². The fraction of sp³-hybridized carbons (Fsp3) is 0.385. The van der Waals surface area contributed by atoms with Crippen molar-refractivity contribution in [3.8, 4) is 5.75 Å². The summed E-state index contributed by atoms with van der Waals surface area (Å²) in [6.45, 7) is 2.99. The number of esters is 1. The Bertz CT molecular complexity index is 403. The summed E-state index contributed by atoms with van der Waals surface area (Å²) in [7, 11) is 0. The smallest absolute Gasteiger partial charge is 0.482 e. The summed E-state index contributed by atoms with van der Waals surface area (Å²) in [6, 6.07) is 8.83. The van der Waals surface area contributed by atoms with Gasteiger partial charge in [0.05, 0.1) is 6.61 Å². The van der Waals surface area contributed by atoms with Crippen LogP contribution in [0, 0.1) is 0 Å². The number of carbonyl (C=O) groups excluding carboxylic acids is 2. The lowest BCUT2D eigenvalue weighted by Crippen LogP contribution is -2.25. The summed E-state index contributed by atoms with van der Waals surface area (Å²) in [4.78, 5) is 22.3. The first kappa shape index (κ1) is 14.8. The molecule has 6 nitrogen and oxygen atoms in total. The van der Waals surface area contributed by atoms with Crippen LogP contribution < -0.4 is 4.74 Å². The minimum absolute atomic E-state index is 0.191. The van der Waals surface area contributed by atoms with Gasteiger partial charge in [0.15, 0.2) is 6.61 Å². The van der Waals surface area contributed by atoms with Gasteiger partial charge in [-0.3, -0.25) is 0 Å². The Morgan fingerprint density at radius 2 is 1.84 bits per heavy atom. The van der Waals surface area contributed by atoms with E-state index in [0.717, 1.165) is 0 Å². The molecule has 0 fully saturated rings. The van der Waals surface area contributed by atoms with E-state index in [1.165, 1.54) is 6.92 Å². The molecule has 0 radical (unpaired) electrons. The van der Waals surface area contributed by atoms with Crippen molar-refractivity contribution in [3.63, 3.8) is 0 Å². The van der Waals surface area contributed by atoms with E-state index in [4.69, 9.17) is 9.47 Å². The molecule has 0 aliphatic heterocycles. The summed E-state index contributed by atoms with van der Waals surface area (Å²) >= 11 is 0. The Labute approximate surface area is 111 Å². The molecule has 1 rings (SSSR count). The van der Waals surface area contributed by atoms with E-state index in [0.29, 0.717) is 5.75 Å². The van der Waals surface area contributed by atoms with E-state index in [1.54, 1.807) is 31.2 Å². The average molecular weight is 268 g/mol. The van der Waals surface area contributed by atoms with Crippen LogP contribution in [0.1, 0.15) is 13.8 Å². The van der Waals surface area contributed by atoms with Gasteiger partial charge in [0.2, 0.25) is 6.29 Å². The van der Waals surface area contributed by atoms with Crippen LogP contribution in [0.3, 0.4) is 0 Å². The molecule has 0 aromatic heterocycles. The number of hydrogen-bond donors (Lipinski definition) is 0. The topological polar surface area (TPSA) is 71.1 Å². The predicted octanol–water partition coefficient (Wildman–Crippen LogP) is 2.13. The molecule has 0 amide bonds. The van der Waals surface area contributed by atoms with Crippen LogP contribution in [0.5, 0.6) is 5.75 Å². The van der Waals surface area contributed by atoms with E-state index >= 15 is 0 Å². The summed E-state index contributed by atoms with van der Waals surface area (Å²) < 4.78 is 19.2. The molecule has 0 aliphatic carbocycles. The number of hydrogen-bond acceptors (Lipinski definition) is 6. The zero-order chi connectivity index (χ0) is 14.1. The van der Waals surface area contributed by atoms with Crippen LogP contribution >= 0.6 is 0 Å². The van der Waals surface area contributed by atoms with E-state index < -0.39 is 18.4 Å². The van der Waals surface area contributed by atoms with Gasteiger partial charge in [-0.2, -0.15) is 0 Å². The maximum atomic E-state index is 11.4. The standard InChI is InChI=1S/C13H16O6/c1-3-16-13(15)19-10(2)18-12(14)9-17-11-7-5-4-6-8-11/h4-8,10H,3,9H2,1-2H3. The average Bonchev–Trinajstić information content (AvgIpc) is 2.37. The van der Waals surface area contributed by atoms with E-state index in [2.05, 4.69) is 9.47 Å². The predicted molar refractivity (Wildman–Crippen MR) is 65.6 cm³/mol. The largest absolute Gasteiger partial charge is 0.511 e. The van der Waals surface area contributed by atoms with Crippen LogP contribution in [0.4, 0.5) is 4.79 Å². The highest BCUT2D eigenvalue weighted by molar-refractivity contribution is 5.71. The number of carbonyl (C=O) groups is 2. The van der Waals surface area contributed by atoms with Crippen molar-refractivity contribution >= 4 is 12.1 Å². The van der Waals surface area contributed by atoms with Crippen molar-refractivity contribution in [1.82, 2.24) is 0 Å². The molecule has 0 saturated carbocycles. The van der Waals surface area contributed by atoms with Gasteiger partial charge in [-0.1, -0.05) is 18.2 Å². The lowest BCUT2D eigenvalue weighted by molar-refractivity contribution is -0.170. The highest BCUT2D eigenvalue weighted by atomic mass is 16.8. The number of para-hydroxylation sites is 1. The molecule has 0 saturated heterocycles. The van der Waals surface area contributed by atoms with Gasteiger partial charge in [0.1, 0.15) is 5.75 Å². The van der Waals surface area contributed by atoms with Crippen molar-refractivity contribution in [2.45, 2.75) is 20.1 Å². The summed E-state index contributed by atoms with van der Waals surface area (Å²) in [5, 5.41) is 0. The highest BCUT2D eigenvalue weighted by Crippen LogP contribution is 2.08. The zero-order valence-corrected chi connectivity index (χ0v) is 10.8. The molecular formula is C13H16O6. The normalized spacial score (nSPS) is 11.3. The second-order valence-corrected chi connectivity index (χ2v) is 3.46. The van der Waals surface area contributed by atoms with Gasteiger partial charge in [-0.25, -0.2) is 9.59 Å². The van der Waals surface area contributed by atoms with Gasteiger partial charge in [-0.05, 0) is 19.1 Å². The molecule has 1 aromatic rings. The second-order valence-electron chi connectivity index (χ2n) is 3.46. The molecule has 1 unspecified atom stereocenters. The third-order valence-corrected chi connectivity index (χ3v) is 1.92. The van der Waals surface area contributed by atoms with E-state index in [9.17, 15) is 9.59 Å². The third-order valence-electron chi connectivity index (χ3n) is 1.92. The maximum absolute atomic E-state index is 11.4. The maximum Gasteiger partial charge on any atom is 0.511 e. The van der Waals surface area contributed by atoms with Crippen LogP contribution in [0.25, 0.3) is 0 Å². The van der Waals surface area contributed by atoms with Crippen LogP contribution in [-0.2, 0) is 19.0 Å². The van der Waals surface area contributed by atoms with Gasteiger partial charge in [0.25, 0.3) is 0 Å². The van der Waals surface area contributed by atoms with Gasteiger partial charge >= 0.3 is 12.1 Å². The van der Waals surface area contributed by atoms with Crippen molar-refractivity contribution in [3.05, 3.63) is 30.3 Å². The van der Waals surface area contributed by atoms with Crippen molar-refractivity contribution in [2.24, 2.45) is 0 Å². The van der Waals surface area contributed by atoms with Crippen LogP contribution in [-0.4, -0.2) is 31.6 Å². The molecule has 0 heterocycles. The Morgan fingerprint density at radius 3 is 2.47 bits per heavy atom. The fourth-order valence-corrected chi connectivity index (χ4v) is 1.19. The number of ether oxygens (including phenoxy) is 4. The SMILES string of the molecule is CCOC(=O)OC(C)OC(=O)COc1ccccc1. The Kier molecular flexibility index (Phi) is 6.21. The van der Waals surface area contributed by atoms with Gasteiger partial charge in [-0.15, -0.1) is 0 Å². The van der Waals surface area contributed by atoms with Crippen LogP contribution in [0.2, 0.25) is 0 Å². The quantitative estimate of drug-likeness (QED) is 0.581. The molecule has 0 bridgehead atoms. The minimum Gasteiger partial charge on any atom is -0.482 e. The Morgan fingerprint density at radius 1 is 1.16 bits per heavy atom. The summed E-state index contributed by atoms with van der Waals surface area (Å²) in [5.41, 5.74) is 0. The minimum atomic E-state index is -1.02. The molecule has 0 N–H and O–H groups in total. The first-order chi connectivity index (χ1) is 9.11. The molecule has 1 aromatic carbocycles. The molecule has 19 heavy (non-hydrogen) atoms. The monoisotopic (exact) mass is 268 g/mol. The number of benzene rings is 1. The van der Waals surface area contributed by atoms with E-state index in [1.807, 2.05) is 6.07 Å². The fourth-order valence-electron chi connectivity index (χ4n) is 1.19. The Balaban J connectivity index is 2.25. The highest BCUT2D eigenvalue weighted by Gasteiger charge is 2.15. The first-order valence-electron chi connectivity index (χ1n) is 5.82.